The van der Waals surface area contributed by atoms with Crippen LogP contribution in [0.4, 0.5) is 0 Å². The number of fused-ring (bicyclic) bond motifs is 4. The highest BCUT2D eigenvalue weighted by Crippen LogP contribution is 2.46. The zero-order chi connectivity index (χ0) is 21.5. The molecule has 164 valence electrons. The third-order valence-corrected chi connectivity index (χ3v) is 7.40. The van der Waals surface area contributed by atoms with Gasteiger partial charge in [0.25, 0.3) is 5.91 Å². The molecule has 0 saturated carbocycles. The van der Waals surface area contributed by atoms with Gasteiger partial charge in [0.1, 0.15) is 0 Å². The highest BCUT2D eigenvalue weighted by Gasteiger charge is 2.42. The molecule has 6 heteroatoms. The molecular formula is C25H31N3O3. The fourth-order valence-electron chi connectivity index (χ4n) is 5.78. The van der Waals surface area contributed by atoms with Gasteiger partial charge >= 0.3 is 0 Å². The van der Waals surface area contributed by atoms with Crippen LogP contribution >= 0.6 is 0 Å². The number of carbonyl (C=O) groups excluding carboxylic acids is 1. The highest BCUT2D eigenvalue weighted by atomic mass is 16.3. The predicted molar refractivity (Wildman–Crippen MR) is 119 cm³/mol. The quantitative estimate of drug-likeness (QED) is 0.572. The van der Waals surface area contributed by atoms with Crippen molar-refractivity contribution in [2.45, 2.75) is 50.7 Å². The summed E-state index contributed by atoms with van der Waals surface area (Å²) in [7, 11) is 0. The molecule has 0 radical (unpaired) electrons. The molecule has 6 nitrogen and oxygen atoms in total. The number of piperidine rings is 2. The molecule has 3 aliphatic rings. The Morgan fingerprint density at radius 3 is 2.87 bits per heavy atom. The second-order valence-electron chi connectivity index (χ2n) is 9.26. The van der Waals surface area contributed by atoms with E-state index in [1.165, 1.54) is 12.8 Å². The van der Waals surface area contributed by atoms with E-state index in [1.54, 1.807) is 6.07 Å². The molecule has 0 aromatic heterocycles. The molecule has 5 rings (SSSR count). The lowest BCUT2D eigenvalue weighted by atomic mass is 9.76. The number of aromatic hydroxyl groups is 2. The smallest absolute Gasteiger partial charge is 0.256 e. The van der Waals surface area contributed by atoms with E-state index in [4.69, 9.17) is 0 Å². The van der Waals surface area contributed by atoms with Crippen LogP contribution in [0.15, 0.2) is 36.4 Å². The Kier molecular flexibility index (Phi) is 5.36. The van der Waals surface area contributed by atoms with Crippen molar-refractivity contribution in [2.24, 2.45) is 5.92 Å². The molecule has 2 aromatic rings. The summed E-state index contributed by atoms with van der Waals surface area (Å²) in [6.45, 7) is 4.92. The minimum atomic E-state index is -0.332. The Morgan fingerprint density at radius 1 is 1.26 bits per heavy atom. The van der Waals surface area contributed by atoms with E-state index in [1.807, 2.05) is 37.3 Å². The van der Waals surface area contributed by atoms with Crippen molar-refractivity contribution >= 4 is 5.91 Å². The lowest BCUT2D eigenvalue weighted by molar-refractivity contribution is 0.0540. The number of hydrogen-bond acceptors (Lipinski definition) is 5. The van der Waals surface area contributed by atoms with Gasteiger partial charge in [-0.3, -0.25) is 9.69 Å². The lowest BCUT2D eigenvalue weighted by Gasteiger charge is -2.49. The van der Waals surface area contributed by atoms with Crippen LogP contribution in [0.2, 0.25) is 0 Å². The first kappa shape index (κ1) is 20.3. The third kappa shape index (κ3) is 3.68. The molecule has 2 aromatic carbocycles. The highest BCUT2D eigenvalue weighted by molar-refractivity contribution is 6.00. The number of hydrogen-bond donors (Lipinski definition) is 4. The van der Waals surface area contributed by atoms with Crippen LogP contribution in [0, 0.1) is 5.92 Å². The molecule has 0 spiro atoms. The normalized spacial score (nSPS) is 26.3. The number of amides is 1. The van der Waals surface area contributed by atoms with E-state index in [0.717, 1.165) is 49.2 Å². The average molecular weight is 422 g/mol. The van der Waals surface area contributed by atoms with Crippen LogP contribution in [0.3, 0.4) is 0 Å². The number of nitrogens with one attached hydrogen (secondary N) is 2. The van der Waals surface area contributed by atoms with Gasteiger partial charge in [0.2, 0.25) is 0 Å². The van der Waals surface area contributed by atoms with Crippen molar-refractivity contribution in [2.75, 3.05) is 19.6 Å². The van der Waals surface area contributed by atoms with E-state index in [9.17, 15) is 15.0 Å². The first-order chi connectivity index (χ1) is 15.0. The van der Waals surface area contributed by atoms with E-state index in [-0.39, 0.29) is 35.1 Å². The molecule has 2 saturated heterocycles. The standard InChI is InChI=1S/C25H31N3O3/c1-15(16-6-3-2-4-7-16)27-25(31)23-22-17(12-21(29)24(23)30)9-11-28-14-18-8-5-10-26-19(18)13-20(22)28/h2-4,6-7,12,15,18-20,26,29-30H,5,8-11,13-14H2,1H3,(H,27,31)/t15-,18-,19+,20+/m1/s1. The van der Waals surface area contributed by atoms with Crippen LogP contribution < -0.4 is 10.6 Å². The molecule has 2 fully saturated rings. The summed E-state index contributed by atoms with van der Waals surface area (Å²) in [5, 5.41) is 27.9. The van der Waals surface area contributed by atoms with Gasteiger partial charge in [-0.15, -0.1) is 0 Å². The van der Waals surface area contributed by atoms with E-state index in [2.05, 4.69) is 15.5 Å². The predicted octanol–water partition coefficient (Wildman–Crippen LogP) is 3.26. The molecule has 4 atom stereocenters. The average Bonchev–Trinajstić information content (AvgIpc) is 2.79. The van der Waals surface area contributed by atoms with E-state index < -0.39 is 0 Å². The third-order valence-electron chi connectivity index (χ3n) is 7.40. The van der Waals surface area contributed by atoms with Gasteiger partial charge in [0.15, 0.2) is 11.5 Å². The topological polar surface area (TPSA) is 84.8 Å². The molecule has 4 N–H and O–H groups in total. The molecule has 3 heterocycles. The van der Waals surface area contributed by atoms with Gasteiger partial charge in [-0.2, -0.15) is 0 Å². The second kappa shape index (κ2) is 8.17. The number of nitrogens with zero attached hydrogens (tertiary/aromatic N) is 1. The minimum Gasteiger partial charge on any atom is -0.504 e. The maximum Gasteiger partial charge on any atom is 0.256 e. The number of benzene rings is 2. The Morgan fingerprint density at radius 2 is 2.06 bits per heavy atom. The molecule has 1 amide bonds. The summed E-state index contributed by atoms with van der Waals surface area (Å²) in [5.41, 5.74) is 3.10. The first-order valence-corrected chi connectivity index (χ1v) is 11.4. The number of phenols is 2. The minimum absolute atomic E-state index is 0.0786. The van der Waals surface area contributed by atoms with Crippen molar-refractivity contribution in [3.05, 3.63) is 58.7 Å². The second-order valence-corrected chi connectivity index (χ2v) is 9.26. The Labute approximate surface area is 183 Å². The van der Waals surface area contributed by atoms with Gasteiger partial charge < -0.3 is 20.8 Å². The largest absolute Gasteiger partial charge is 0.504 e. The SMILES string of the molecule is C[C@@H](NC(=O)c1c(O)c(O)cc2c1[C@@H]1C[C@@H]3NCCC[C@@H]3CN1CC2)c1ccccc1. The van der Waals surface area contributed by atoms with Crippen LogP contribution in [0.25, 0.3) is 0 Å². The van der Waals surface area contributed by atoms with E-state index in [0.29, 0.717) is 12.0 Å². The summed E-state index contributed by atoms with van der Waals surface area (Å²) in [6, 6.07) is 11.7. The number of carbonyl (C=O) groups is 1. The molecule has 0 unspecified atom stereocenters. The van der Waals surface area contributed by atoms with Crippen LogP contribution in [-0.4, -0.2) is 46.7 Å². The number of phenolic OH excluding ortho intramolecular Hbond substituents is 2. The summed E-state index contributed by atoms with van der Waals surface area (Å²) in [4.78, 5) is 15.9. The summed E-state index contributed by atoms with van der Waals surface area (Å²) < 4.78 is 0. The van der Waals surface area contributed by atoms with Crippen LogP contribution in [0.5, 0.6) is 11.5 Å². The zero-order valence-corrected chi connectivity index (χ0v) is 18.0. The van der Waals surface area contributed by atoms with Gasteiger partial charge in [-0.25, -0.2) is 0 Å². The lowest BCUT2D eigenvalue weighted by Crippen LogP contribution is -2.55. The molecule has 3 aliphatic heterocycles. The number of rotatable bonds is 3. The Balaban J connectivity index is 1.50. The summed E-state index contributed by atoms with van der Waals surface area (Å²) in [5.74, 6) is -0.208. The molecular weight excluding hydrogens is 390 g/mol. The molecule has 0 aliphatic carbocycles. The van der Waals surface area contributed by atoms with Crippen molar-refractivity contribution < 1.29 is 15.0 Å². The molecule has 0 bridgehead atoms. The van der Waals surface area contributed by atoms with Gasteiger partial charge in [-0.1, -0.05) is 30.3 Å². The summed E-state index contributed by atoms with van der Waals surface area (Å²) >= 11 is 0. The maximum atomic E-state index is 13.4. The van der Waals surface area contributed by atoms with Gasteiger partial charge in [-0.05, 0) is 67.8 Å². The zero-order valence-electron chi connectivity index (χ0n) is 18.0. The summed E-state index contributed by atoms with van der Waals surface area (Å²) in [6.07, 6.45) is 4.17. The van der Waals surface area contributed by atoms with Crippen LogP contribution in [-0.2, 0) is 6.42 Å². The monoisotopic (exact) mass is 421 g/mol. The van der Waals surface area contributed by atoms with Crippen molar-refractivity contribution in [3.63, 3.8) is 0 Å². The van der Waals surface area contributed by atoms with Crippen molar-refractivity contribution in [1.82, 2.24) is 15.5 Å². The Bertz CT molecular complexity index is 978. The fourth-order valence-corrected chi connectivity index (χ4v) is 5.78. The van der Waals surface area contributed by atoms with Crippen molar-refractivity contribution in [3.8, 4) is 11.5 Å². The van der Waals surface area contributed by atoms with Gasteiger partial charge in [0, 0.05) is 25.2 Å². The molecule has 31 heavy (non-hydrogen) atoms. The van der Waals surface area contributed by atoms with Crippen LogP contribution in [0.1, 0.15) is 65.3 Å². The van der Waals surface area contributed by atoms with Crippen molar-refractivity contribution in [1.29, 1.82) is 0 Å². The Hall–Kier alpha value is -2.57. The first-order valence-electron chi connectivity index (χ1n) is 11.4. The van der Waals surface area contributed by atoms with Gasteiger partial charge in [0.05, 0.1) is 11.6 Å². The maximum absolute atomic E-state index is 13.4. The fraction of sp³-hybridized carbons (Fsp3) is 0.480. The van der Waals surface area contributed by atoms with E-state index >= 15 is 0 Å².